The molecule has 0 aromatic rings. The van der Waals surface area contributed by atoms with Gasteiger partial charge in [-0.15, -0.1) is 0 Å². The molecular weight excluding hydrogens is 170 g/mol. The van der Waals surface area contributed by atoms with Gasteiger partial charge < -0.3 is 5.32 Å². The summed E-state index contributed by atoms with van der Waals surface area (Å²) in [4.78, 5) is 0. The van der Waals surface area contributed by atoms with Crippen molar-refractivity contribution in [3.8, 4) is 0 Å². The molecule has 1 rings (SSSR count). The van der Waals surface area contributed by atoms with E-state index >= 15 is 0 Å². The van der Waals surface area contributed by atoms with Crippen LogP contribution in [0.1, 0.15) is 32.6 Å². The van der Waals surface area contributed by atoms with Crippen molar-refractivity contribution >= 4 is 11.6 Å². The number of nitrogens with one attached hydrogen (secondary N) is 1. The highest BCUT2D eigenvalue weighted by atomic mass is 35.5. The maximum atomic E-state index is 5.42. The van der Waals surface area contributed by atoms with Crippen LogP contribution in [0.2, 0.25) is 0 Å². The Morgan fingerprint density at radius 3 is 2.58 bits per heavy atom. The van der Waals surface area contributed by atoms with Crippen LogP contribution in [-0.2, 0) is 0 Å². The highest BCUT2D eigenvalue weighted by Gasteiger charge is 2.16. The van der Waals surface area contributed by atoms with E-state index in [4.69, 9.17) is 11.6 Å². The summed E-state index contributed by atoms with van der Waals surface area (Å²) in [6.45, 7) is 3.26. The third-order valence-electron chi connectivity index (χ3n) is 2.63. The first-order valence-corrected chi connectivity index (χ1v) is 5.25. The van der Waals surface area contributed by atoms with Gasteiger partial charge in [0.05, 0.1) is 0 Å². The molecule has 0 amide bonds. The molecular formula is C10H18ClN. The quantitative estimate of drug-likeness (QED) is 0.717. The monoisotopic (exact) mass is 187 g/mol. The summed E-state index contributed by atoms with van der Waals surface area (Å²) in [6, 6.07) is 0.731. The number of rotatable bonds is 3. The van der Waals surface area contributed by atoms with Crippen molar-refractivity contribution in [3.63, 3.8) is 0 Å². The predicted molar refractivity (Wildman–Crippen MR) is 54.4 cm³/mol. The molecule has 0 aromatic heterocycles. The van der Waals surface area contributed by atoms with Gasteiger partial charge in [0, 0.05) is 18.1 Å². The van der Waals surface area contributed by atoms with E-state index in [1.807, 2.05) is 6.08 Å². The van der Waals surface area contributed by atoms with E-state index in [1.165, 1.54) is 25.7 Å². The van der Waals surface area contributed by atoms with Crippen LogP contribution in [0.3, 0.4) is 0 Å². The molecule has 12 heavy (non-hydrogen) atoms. The van der Waals surface area contributed by atoms with E-state index in [9.17, 15) is 0 Å². The topological polar surface area (TPSA) is 12.0 Å². The van der Waals surface area contributed by atoms with Gasteiger partial charge in [-0.25, -0.2) is 0 Å². The van der Waals surface area contributed by atoms with E-state index in [0.29, 0.717) is 0 Å². The Labute approximate surface area is 80.2 Å². The van der Waals surface area contributed by atoms with Crippen LogP contribution in [0.15, 0.2) is 11.6 Å². The zero-order valence-corrected chi connectivity index (χ0v) is 8.48. The molecule has 1 fully saturated rings. The minimum Gasteiger partial charge on any atom is -0.310 e. The molecule has 0 saturated heterocycles. The largest absolute Gasteiger partial charge is 0.310 e. The van der Waals surface area contributed by atoms with Crippen molar-refractivity contribution in [2.45, 2.75) is 38.6 Å². The summed E-state index contributed by atoms with van der Waals surface area (Å²) in [5.41, 5.74) is 1.58. The van der Waals surface area contributed by atoms with Gasteiger partial charge in [0.25, 0.3) is 0 Å². The zero-order valence-electron chi connectivity index (χ0n) is 7.72. The minimum absolute atomic E-state index is 0.731. The molecule has 0 heterocycles. The van der Waals surface area contributed by atoms with Crippen LogP contribution in [0.25, 0.3) is 0 Å². The zero-order chi connectivity index (χ0) is 8.81. The highest BCUT2D eigenvalue weighted by molar-refractivity contribution is 6.25. The summed E-state index contributed by atoms with van der Waals surface area (Å²) in [6.07, 6.45) is 7.37. The fourth-order valence-electron chi connectivity index (χ4n) is 1.74. The van der Waals surface area contributed by atoms with Crippen molar-refractivity contribution in [1.29, 1.82) is 0 Å². The lowest BCUT2D eigenvalue weighted by atomic mass is 9.87. The first kappa shape index (κ1) is 10.1. The van der Waals surface area contributed by atoms with Crippen LogP contribution in [0.5, 0.6) is 0 Å². The van der Waals surface area contributed by atoms with Crippen molar-refractivity contribution < 1.29 is 0 Å². The van der Waals surface area contributed by atoms with E-state index in [2.05, 4.69) is 12.2 Å². The molecule has 0 aliphatic heterocycles. The number of halogens is 1. The molecule has 0 unspecified atom stereocenters. The summed E-state index contributed by atoms with van der Waals surface area (Å²) in [5, 5.41) is 3.47. The van der Waals surface area contributed by atoms with E-state index < -0.39 is 0 Å². The van der Waals surface area contributed by atoms with Gasteiger partial charge in [0.1, 0.15) is 0 Å². The van der Waals surface area contributed by atoms with Gasteiger partial charge in [0.2, 0.25) is 0 Å². The normalized spacial score (nSPS) is 31.2. The second-order valence-electron chi connectivity index (χ2n) is 3.73. The SMILES string of the molecule is CC1CCC(NC/C=C/Cl)CC1. The van der Waals surface area contributed by atoms with Gasteiger partial charge in [-0.1, -0.05) is 24.6 Å². The molecule has 0 bridgehead atoms. The van der Waals surface area contributed by atoms with E-state index in [0.717, 1.165) is 18.5 Å². The summed E-state index contributed by atoms with van der Waals surface area (Å²) in [7, 11) is 0. The first-order valence-electron chi connectivity index (χ1n) is 4.81. The molecule has 70 valence electrons. The second kappa shape index (κ2) is 5.60. The summed E-state index contributed by atoms with van der Waals surface area (Å²) >= 11 is 5.42. The van der Waals surface area contributed by atoms with Crippen LogP contribution >= 0.6 is 11.6 Å². The Kier molecular flexibility index (Phi) is 4.70. The Morgan fingerprint density at radius 1 is 1.33 bits per heavy atom. The number of hydrogen-bond acceptors (Lipinski definition) is 1. The Morgan fingerprint density at radius 2 is 2.00 bits per heavy atom. The van der Waals surface area contributed by atoms with E-state index in [1.54, 1.807) is 5.54 Å². The number of hydrogen-bond donors (Lipinski definition) is 1. The second-order valence-corrected chi connectivity index (χ2v) is 3.98. The molecule has 1 aliphatic rings. The third kappa shape index (κ3) is 3.59. The molecule has 0 atom stereocenters. The standard InChI is InChI=1S/C10H18ClN/c1-9-3-5-10(6-4-9)12-8-2-7-11/h2,7,9-10,12H,3-6,8H2,1H3/b7-2+. The molecule has 0 radical (unpaired) electrons. The third-order valence-corrected chi connectivity index (χ3v) is 2.81. The molecule has 1 N–H and O–H groups in total. The van der Waals surface area contributed by atoms with E-state index in [-0.39, 0.29) is 0 Å². The van der Waals surface area contributed by atoms with Crippen LogP contribution in [0.4, 0.5) is 0 Å². The predicted octanol–water partition coefficient (Wildman–Crippen LogP) is 2.91. The van der Waals surface area contributed by atoms with Crippen LogP contribution in [-0.4, -0.2) is 12.6 Å². The van der Waals surface area contributed by atoms with Crippen molar-refractivity contribution in [1.82, 2.24) is 5.32 Å². The first-order chi connectivity index (χ1) is 5.83. The Hall–Kier alpha value is -0.0100. The average Bonchev–Trinajstić information content (AvgIpc) is 2.09. The van der Waals surface area contributed by atoms with Gasteiger partial charge in [0.15, 0.2) is 0 Å². The maximum Gasteiger partial charge on any atom is 0.0149 e. The Balaban J connectivity index is 2.09. The molecule has 1 aliphatic carbocycles. The molecule has 0 aromatic carbocycles. The molecule has 2 heteroatoms. The average molecular weight is 188 g/mol. The van der Waals surface area contributed by atoms with Crippen molar-refractivity contribution in [2.24, 2.45) is 5.92 Å². The fraction of sp³-hybridized carbons (Fsp3) is 0.800. The lowest BCUT2D eigenvalue weighted by molar-refractivity contribution is 0.314. The van der Waals surface area contributed by atoms with Gasteiger partial charge in [-0.3, -0.25) is 0 Å². The van der Waals surface area contributed by atoms with Crippen LogP contribution < -0.4 is 5.32 Å². The lowest BCUT2D eigenvalue weighted by Gasteiger charge is -2.26. The van der Waals surface area contributed by atoms with Gasteiger partial charge in [-0.2, -0.15) is 0 Å². The highest BCUT2D eigenvalue weighted by Crippen LogP contribution is 2.23. The summed E-state index contributed by atoms with van der Waals surface area (Å²) < 4.78 is 0. The minimum atomic E-state index is 0.731. The van der Waals surface area contributed by atoms with Gasteiger partial charge in [-0.05, 0) is 31.6 Å². The molecule has 0 spiro atoms. The van der Waals surface area contributed by atoms with Crippen molar-refractivity contribution in [2.75, 3.05) is 6.54 Å². The van der Waals surface area contributed by atoms with Crippen molar-refractivity contribution in [3.05, 3.63) is 11.6 Å². The van der Waals surface area contributed by atoms with Gasteiger partial charge >= 0.3 is 0 Å². The molecule has 1 nitrogen and oxygen atoms in total. The maximum absolute atomic E-state index is 5.42. The van der Waals surface area contributed by atoms with Crippen LogP contribution in [0, 0.1) is 5.92 Å². The lowest BCUT2D eigenvalue weighted by Crippen LogP contribution is -2.32. The fourth-order valence-corrected chi connectivity index (χ4v) is 1.83. The molecule has 1 saturated carbocycles. The summed E-state index contributed by atoms with van der Waals surface area (Å²) in [5.74, 6) is 0.937. The smallest absolute Gasteiger partial charge is 0.0149 e. The Bertz CT molecular complexity index is 137.